The quantitative estimate of drug-likeness (QED) is 0.792. The maximum atomic E-state index is 11.9. The van der Waals surface area contributed by atoms with E-state index in [4.69, 9.17) is 4.74 Å². The van der Waals surface area contributed by atoms with Gasteiger partial charge in [-0.2, -0.15) is 0 Å². The summed E-state index contributed by atoms with van der Waals surface area (Å²) in [5.74, 6) is 0.884. The topological polar surface area (TPSA) is 58.6 Å². The molecule has 1 aromatic carbocycles. The van der Waals surface area contributed by atoms with Crippen molar-refractivity contribution in [2.45, 2.75) is 57.6 Å². The number of rotatable bonds is 6. The summed E-state index contributed by atoms with van der Waals surface area (Å²) in [5.41, 5.74) is 1.10. The van der Waals surface area contributed by atoms with Crippen LogP contribution in [-0.2, 0) is 4.79 Å². The molecule has 1 amide bonds. The highest BCUT2D eigenvalue weighted by molar-refractivity contribution is 5.76. The Bertz CT molecular complexity index is 461. The summed E-state index contributed by atoms with van der Waals surface area (Å²) >= 11 is 0. The van der Waals surface area contributed by atoms with Gasteiger partial charge in [0.15, 0.2) is 0 Å². The summed E-state index contributed by atoms with van der Waals surface area (Å²) in [6.07, 6.45) is 4.55. The molecule has 0 bridgehead atoms. The summed E-state index contributed by atoms with van der Waals surface area (Å²) in [6, 6.07) is 7.80. The smallest absolute Gasteiger partial charge is 0.220 e. The van der Waals surface area contributed by atoms with Gasteiger partial charge in [-0.25, -0.2) is 0 Å². The molecule has 0 unspecified atom stereocenters. The Hall–Kier alpha value is -1.55. The number of nitrogens with one attached hydrogen (secondary N) is 1. The van der Waals surface area contributed by atoms with Gasteiger partial charge in [0.25, 0.3) is 0 Å². The Balaban J connectivity index is 1.64. The molecule has 0 radical (unpaired) electrons. The summed E-state index contributed by atoms with van der Waals surface area (Å²) < 4.78 is 5.67. The highest BCUT2D eigenvalue weighted by Crippen LogP contribution is 2.19. The molecule has 0 spiro atoms. The molecule has 0 aliphatic heterocycles. The number of para-hydroxylation sites is 1. The van der Waals surface area contributed by atoms with Gasteiger partial charge in [0.05, 0.1) is 18.8 Å². The van der Waals surface area contributed by atoms with Gasteiger partial charge in [-0.3, -0.25) is 4.79 Å². The van der Waals surface area contributed by atoms with E-state index in [1.807, 2.05) is 31.2 Å². The first kappa shape index (κ1) is 15.8. The van der Waals surface area contributed by atoms with Crippen LogP contribution in [-0.4, -0.2) is 29.8 Å². The number of aliphatic hydroxyl groups is 1. The summed E-state index contributed by atoms with van der Waals surface area (Å²) in [6.45, 7) is 2.54. The van der Waals surface area contributed by atoms with Gasteiger partial charge in [-0.1, -0.05) is 31.0 Å². The van der Waals surface area contributed by atoms with Crippen LogP contribution in [0.15, 0.2) is 24.3 Å². The van der Waals surface area contributed by atoms with E-state index >= 15 is 0 Å². The van der Waals surface area contributed by atoms with Gasteiger partial charge in [-0.15, -0.1) is 0 Å². The van der Waals surface area contributed by atoms with Crippen LogP contribution >= 0.6 is 0 Å². The number of aliphatic hydroxyl groups excluding tert-OH is 1. The second kappa shape index (κ2) is 8.03. The zero-order valence-corrected chi connectivity index (χ0v) is 12.7. The van der Waals surface area contributed by atoms with Gasteiger partial charge in [-0.05, 0) is 37.8 Å². The third kappa shape index (κ3) is 5.05. The van der Waals surface area contributed by atoms with E-state index in [1.54, 1.807) is 0 Å². The molecule has 116 valence electrons. The average Bonchev–Trinajstić information content (AvgIpc) is 2.48. The number of benzene rings is 1. The number of carbonyl (C=O) groups excluding carboxylic acids is 1. The molecule has 4 heteroatoms. The minimum atomic E-state index is -0.383. The maximum absolute atomic E-state index is 11.9. The van der Waals surface area contributed by atoms with E-state index < -0.39 is 0 Å². The fourth-order valence-corrected chi connectivity index (χ4v) is 2.69. The Morgan fingerprint density at radius 2 is 2.10 bits per heavy atom. The first-order valence-corrected chi connectivity index (χ1v) is 7.82. The lowest BCUT2D eigenvalue weighted by atomic mass is 9.92. The van der Waals surface area contributed by atoms with Crippen LogP contribution in [0.5, 0.6) is 5.75 Å². The van der Waals surface area contributed by atoms with Crippen molar-refractivity contribution in [1.29, 1.82) is 0 Å². The lowest BCUT2D eigenvalue weighted by Gasteiger charge is -2.28. The Kier molecular flexibility index (Phi) is 6.05. The molecule has 4 nitrogen and oxygen atoms in total. The molecule has 1 aliphatic carbocycles. The first-order valence-electron chi connectivity index (χ1n) is 7.82. The lowest BCUT2D eigenvalue weighted by molar-refractivity contribution is -0.123. The predicted molar refractivity (Wildman–Crippen MR) is 82.3 cm³/mol. The van der Waals surface area contributed by atoms with Gasteiger partial charge < -0.3 is 15.2 Å². The first-order chi connectivity index (χ1) is 10.2. The average molecular weight is 291 g/mol. The third-order valence-corrected chi connectivity index (χ3v) is 3.98. The molecule has 1 aliphatic rings. The Morgan fingerprint density at radius 1 is 1.33 bits per heavy atom. The zero-order chi connectivity index (χ0) is 15.1. The Labute approximate surface area is 126 Å². The van der Waals surface area contributed by atoms with Crippen molar-refractivity contribution < 1.29 is 14.6 Å². The van der Waals surface area contributed by atoms with Crippen LogP contribution in [0.1, 0.15) is 44.1 Å². The third-order valence-electron chi connectivity index (χ3n) is 3.98. The summed E-state index contributed by atoms with van der Waals surface area (Å²) in [4.78, 5) is 11.9. The monoisotopic (exact) mass is 291 g/mol. The zero-order valence-electron chi connectivity index (χ0n) is 12.7. The van der Waals surface area contributed by atoms with E-state index in [1.165, 1.54) is 0 Å². The predicted octanol–water partition coefficient (Wildman–Crippen LogP) is 2.57. The molecular formula is C17H25NO3. The largest absolute Gasteiger partial charge is 0.493 e. The summed E-state index contributed by atoms with van der Waals surface area (Å²) in [7, 11) is 0. The minimum absolute atomic E-state index is 0.00864. The van der Waals surface area contributed by atoms with E-state index in [-0.39, 0.29) is 18.1 Å². The second-order valence-electron chi connectivity index (χ2n) is 5.74. The number of amides is 1. The van der Waals surface area contributed by atoms with Crippen molar-refractivity contribution in [3.05, 3.63) is 29.8 Å². The molecule has 2 N–H and O–H groups in total. The molecular weight excluding hydrogens is 266 g/mol. The van der Waals surface area contributed by atoms with Crippen LogP contribution in [0.4, 0.5) is 0 Å². The number of aryl methyl sites for hydroxylation is 1. The maximum Gasteiger partial charge on any atom is 0.220 e. The highest BCUT2D eigenvalue weighted by atomic mass is 16.5. The normalized spacial score (nSPS) is 21.8. The van der Waals surface area contributed by atoms with Crippen LogP contribution in [0.3, 0.4) is 0 Å². The molecule has 1 fully saturated rings. The van der Waals surface area contributed by atoms with Crippen LogP contribution in [0.2, 0.25) is 0 Å². The molecule has 0 aromatic heterocycles. The van der Waals surface area contributed by atoms with E-state index in [2.05, 4.69) is 5.32 Å². The molecule has 1 aromatic rings. The van der Waals surface area contributed by atoms with Crippen molar-refractivity contribution in [2.75, 3.05) is 6.61 Å². The van der Waals surface area contributed by atoms with Crippen LogP contribution in [0, 0.1) is 6.92 Å². The van der Waals surface area contributed by atoms with Gasteiger partial charge in [0.2, 0.25) is 5.91 Å². The molecule has 0 heterocycles. The SMILES string of the molecule is Cc1ccccc1OCCCC(=O)N[C@@H]1CCCC[C@H]1O. The highest BCUT2D eigenvalue weighted by Gasteiger charge is 2.24. The molecule has 1 saturated carbocycles. The number of hydrogen-bond acceptors (Lipinski definition) is 3. The molecule has 0 saturated heterocycles. The molecule has 2 atom stereocenters. The molecule has 2 rings (SSSR count). The second-order valence-corrected chi connectivity index (χ2v) is 5.74. The van der Waals surface area contributed by atoms with Crippen molar-refractivity contribution in [1.82, 2.24) is 5.32 Å². The fourth-order valence-electron chi connectivity index (χ4n) is 2.69. The summed E-state index contributed by atoms with van der Waals surface area (Å²) in [5, 5.41) is 12.8. The number of carbonyl (C=O) groups is 1. The van der Waals surface area contributed by atoms with Crippen LogP contribution < -0.4 is 10.1 Å². The van der Waals surface area contributed by atoms with E-state index in [0.29, 0.717) is 19.4 Å². The van der Waals surface area contributed by atoms with E-state index in [0.717, 1.165) is 37.0 Å². The number of hydrogen-bond donors (Lipinski definition) is 2. The van der Waals surface area contributed by atoms with Gasteiger partial charge >= 0.3 is 0 Å². The minimum Gasteiger partial charge on any atom is -0.493 e. The standard InChI is InChI=1S/C17H25NO3/c1-13-7-2-5-10-16(13)21-12-6-11-17(20)18-14-8-3-4-9-15(14)19/h2,5,7,10,14-15,19H,3-4,6,8-9,11-12H2,1H3,(H,18,20)/t14-,15-/m1/s1. The van der Waals surface area contributed by atoms with Crippen LogP contribution in [0.25, 0.3) is 0 Å². The fraction of sp³-hybridized carbons (Fsp3) is 0.588. The Morgan fingerprint density at radius 3 is 2.86 bits per heavy atom. The van der Waals surface area contributed by atoms with Crippen molar-refractivity contribution in [3.63, 3.8) is 0 Å². The van der Waals surface area contributed by atoms with Gasteiger partial charge in [0.1, 0.15) is 5.75 Å². The number of ether oxygens (including phenoxy) is 1. The van der Waals surface area contributed by atoms with Gasteiger partial charge in [0, 0.05) is 6.42 Å². The van der Waals surface area contributed by atoms with Crippen molar-refractivity contribution >= 4 is 5.91 Å². The lowest BCUT2D eigenvalue weighted by Crippen LogP contribution is -2.45. The molecule has 21 heavy (non-hydrogen) atoms. The van der Waals surface area contributed by atoms with Crippen molar-refractivity contribution in [3.8, 4) is 5.75 Å². The van der Waals surface area contributed by atoms with E-state index in [9.17, 15) is 9.90 Å². The van der Waals surface area contributed by atoms with Crippen molar-refractivity contribution in [2.24, 2.45) is 0 Å².